The second-order valence-corrected chi connectivity index (χ2v) is 5.28. The summed E-state index contributed by atoms with van der Waals surface area (Å²) in [6.45, 7) is 0. The highest BCUT2D eigenvalue weighted by Gasteiger charge is 2.16. The zero-order valence-electron chi connectivity index (χ0n) is 10.5. The summed E-state index contributed by atoms with van der Waals surface area (Å²) in [6, 6.07) is 14.8. The molecule has 0 unspecified atom stereocenters. The smallest absolute Gasteiger partial charge is 0.164 e. The lowest BCUT2D eigenvalue weighted by molar-refractivity contribution is 0.0979. The highest BCUT2D eigenvalue weighted by atomic mass is 79.9. The number of carbonyl (C=O) groups is 1. The summed E-state index contributed by atoms with van der Waals surface area (Å²) >= 11 is 3.30. The molecule has 0 saturated carbocycles. The second kappa shape index (κ2) is 6.44. The number of ketones is 1. The van der Waals surface area contributed by atoms with Crippen LogP contribution in [0.5, 0.6) is 0 Å². The highest BCUT2D eigenvalue weighted by Crippen LogP contribution is 2.22. The molecule has 2 nitrogen and oxygen atoms in total. The van der Waals surface area contributed by atoms with Gasteiger partial charge < -0.3 is 0 Å². The maximum absolute atomic E-state index is 12.9. The van der Waals surface area contributed by atoms with Gasteiger partial charge in [0.2, 0.25) is 0 Å². The Bertz CT molecular complexity index is 644. The first-order chi connectivity index (χ1) is 9.60. The van der Waals surface area contributed by atoms with Crippen LogP contribution in [-0.2, 0) is 0 Å². The fourth-order valence-electron chi connectivity index (χ4n) is 1.87. The Labute approximate surface area is 125 Å². The molecule has 4 heteroatoms. The van der Waals surface area contributed by atoms with Crippen molar-refractivity contribution >= 4 is 21.7 Å². The third kappa shape index (κ3) is 3.52. The molecule has 0 aliphatic heterocycles. The Balaban J connectivity index is 2.14. The molecule has 0 aliphatic rings. The van der Waals surface area contributed by atoms with Crippen LogP contribution in [0.1, 0.15) is 28.3 Å². The Morgan fingerprint density at radius 1 is 1.15 bits per heavy atom. The third-order valence-electron chi connectivity index (χ3n) is 2.98. The van der Waals surface area contributed by atoms with Gasteiger partial charge in [-0.25, -0.2) is 4.39 Å². The van der Waals surface area contributed by atoms with Crippen LogP contribution in [0.4, 0.5) is 4.39 Å². The summed E-state index contributed by atoms with van der Waals surface area (Å²) in [5.74, 6) is -1.02. The fraction of sp³-hybridized carbons (Fsp3) is 0.125. The largest absolute Gasteiger partial charge is 0.294 e. The van der Waals surface area contributed by atoms with Gasteiger partial charge in [-0.3, -0.25) is 4.79 Å². The van der Waals surface area contributed by atoms with Crippen LogP contribution in [-0.4, -0.2) is 5.78 Å². The van der Waals surface area contributed by atoms with Crippen LogP contribution in [0, 0.1) is 17.1 Å². The molecule has 0 bridgehead atoms. The lowest BCUT2D eigenvalue weighted by Gasteiger charge is -2.08. The summed E-state index contributed by atoms with van der Waals surface area (Å²) in [4.78, 5) is 12.1. The minimum absolute atomic E-state index is 0.0871. The molecule has 2 aromatic carbocycles. The molecule has 0 fully saturated rings. The SMILES string of the molecule is N#C[C@@H](CC(=O)c1ccc(Br)cc1)c1ccc(F)cc1. The van der Waals surface area contributed by atoms with Crippen molar-refractivity contribution in [3.63, 3.8) is 0 Å². The zero-order valence-corrected chi connectivity index (χ0v) is 12.1. The summed E-state index contributed by atoms with van der Waals surface area (Å²) in [5.41, 5.74) is 1.22. The molecule has 100 valence electrons. The standard InChI is InChI=1S/C16H11BrFNO/c17-14-5-1-12(2-6-14)16(20)9-13(10-19)11-3-7-15(18)8-4-11/h1-8,13H,9H2/t13-/m1/s1. The Hall–Kier alpha value is -1.99. The molecule has 0 heterocycles. The molecule has 0 aromatic heterocycles. The third-order valence-corrected chi connectivity index (χ3v) is 3.51. The monoisotopic (exact) mass is 331 g/mol. The first-order valence-electron chi connectivity index (χ1n) is 6.04. The van der Waals surface area contributed by atoms with Gasteiger partial charge in [-0.2, -0.15) is 5.26 Å². The number of Topliss-reactive ketones (excluding diaryl/α,β-unsaturated/α-hetero) is 1. The van der Waals surface area contributed by atoms with E-state index in [1.165, 1.54) is 24.3 Å². The van der Waals surface area contributed by atoms with Crippen molar-refractivity contribution in [1.29, 1.82) is 5.26 Å². The minimum Gasteiger partial charge on any atom is -0.294 e. The molecule has 2 aromatic rings. The first kappa shape index (κ1) is 14.4. The number of benzene rings is 2. The number of hydrogen-bond donors (Lipinski definition) is 0. The molecule has 20 heavy (non-hydrogen) atoms. The molecular formula is C16H11BrFNO. The van der Waals surface area contributed by atoms with Gasteiger partial charge in [-0.15, -0.1) is 0 Å². The van der Waals surface area contributed by atoms with Crippen molar-refractivity contribution in [2.45, 2.75) is 12.3 Å². The molecule has 0 radical (unpaired) electrons. The maximum atomic E-state index is 12.9. The molecule has 0 aliphatic carbocycles. The molecule has 0 amide bonds. The van der Waals surface area contributed by atoms with Crippen LogP contribution >= 0.6 is 15.9 Å². The van der Waals surface area contributed by atoms with E-state index < -0.39 is 5.92 Å². The van der Waals surface area contributed by atoms with Crippen molar-refractivity contribution in [3.8, 4) is 6.07 Å². The van der Waals surface area contributed by atoms with Gasteiger partial charge in [0.25, 0.3) is 0 Å². The van der Waals surface area contributed by atoms with Crippen LogP contribution < -0.4 is 0 Å². The molecular weight excluding hydrogens is 321 g/mol. The average Bonchev–Trinajstić information content (AvgIpc) is 2.46. The van der Waals surface area contributed by atoms with E-state index in [4.69, 9.17) is 0 Å². The van der Waals surface area contributed by atoms with E-state index in [0.29, 0.717) is 11.1 Å². The molecule has 0 N–H and O–H groups in total. The van der Waals surface area contributed by atoms with Crippen molar-refractivity contribution in [2.75, 3.05) is 0 Å². The van der Waals surface area contributed by atoms with Crippen molar-refractivity contribution < 1.29 is 9.18 Å². The average molecular weight is 332 g/mol. The maximum Gasteiger partial charge on any atom is 0.164 e. The molecule has 0 spiro atoms. The molecule has 0 saturated heterocycles. The number of nitrogens with zero attached hydrogens (tertiary/aromatic N) is 1. The van der Waals surface area contributed by atoms with E-state index in [1.54, 1.807) is 24.3 Å². The van der Waals surface area contributed by atoms with Gasteiger partial charge in [-0.1, -0.05) is 40.2 Å². The molecule has 1 atom stereocenters. The van der Waals surface area contributed by atoms with Crippen LogP contribution in [0.25, 0.3) is 0 Å². The summed E-state index contributed by atoms with van der Waals surface area (Å²) in [5, 5.41) is 9.19. The number of hydrogen-bond acceptors (Lipinski definition) is 2. The number of nitriles is 1. The predicted molar refractivity (Wildman–Crippen MR) is 77.8 cm³/mol. The van der Waals surface area contributed by atoms with Gasteiger partial charge in [0.15, 0.2) is 5.78 Å². The van der Waals surface area contributed by atoms with Crippen LogP contribution in [0.15, 0.2) is 53.0 Å². The van der Waals surface area contributed by atoms with E-state index in [2.05, 4.69) is 22.0 Å². The Morgan fingerprint density at radius 3 is 2.30 bits per heavy atom. The normalized spacial score (nSPS) is 11.7. The van der Waals surface area contributed by atoms with E-state index in [-0.39, 0.29) is 18.0 Å². The Morgan fingerprint density at radius 2 is 1.75 bits per heavy atom. The molecule has 2 rings (SSSR count). The minimum atomic E-state index is -0.563. The summed E-state index contributed by atoms with van der Waals surface area (Å²) in [7, 11) is 0. The van der Waals surface area contributed by atoms with Gasteiger partial charge in [0.1, 0.15) is 5.82 Å². The summed E-state index contributed by atoms with van der Waals surface area (Å²) < 4.78 is 13.8. The lowest BCUT2D eigenvalue weighted by Crippen LogP contribution is -2.06. The van der Waals surface area contributed by atoms with Crippen LogP contribution in [0.2, 0.25) is 0 Å². The highest BCUT2D eigenvalue weighted by molar-refractivity contribution is 9.10. The van der Waals surface area contributed by atoms with Gasteiger partial charge >= 0.3 is 0 Å². The first-order valence-corrected chi connectivity index (χ1v) is 6.83. The second-order valence-electron chi connectivity index (χ2n) is 4.37. The number of halogens is 2. The predicted octanol–water partition coefficient (Wildman–Crippen LogP) is 4.47. The number of carbonyl (C=O) groups excluding carboxylic acids is 1. The zero-order chi connectivity index (χ0) is 14.5. The van der Waals surface area contributed by atoms with Crippen molar-refractivity contribution in [2.24, 2.45) is 0 Å². The fourth-order valence-corrected chi connectivity index (χ4v) is 2.14. The van der Waals surface area contributed by atoms with Gasteiger partial charge in [0.05, 0.1) is 12.0 Å². The van der Waals surface area contributed by atoms with E-state index >= 15 is 0 Å². The van der Waals surface area contributed by atoms with Crippen molar-refractivity contribution in [3.05, 3.63) is 69.9 Å². The summed E-state index contributed by atoms with van der Waals surface area (Å²) in [6.07, 6.45) is 0.0871. The quantitative estimate of drug-likeness (QED) is 0.775. The van der Waals surface area contributed by atoms with Gasteiger partial charge in [-0.05, 0) is 29.8 Å². The van der Waals surface area contributed by atoms with E-state index in [0.717, 1.165) is 4.47 Å². The van der Waals surface area contributed by atoms with Crippen LogP contribution in [0.3, 0.4) is 0 Å². The van der Waals surface area contributed by atoms with E-state index in [9.17, 15) is 14.4 Å². The van der Waals surface area contributed by atoms with E-state index in [1.807, 2.05) is 0 Å². The topological polar surface area (TPSA) is 40.9 Å². The van der Waals surface area contributed by atoms with Gasteiger partial charge in [0, 0.05) is 16.5 Å². The number of rotatable bonds is 4. The van der Waals surface area contributed by atoms with Crippen molar-refractivity contribution in [1.82, 2.24) is 0 Å². The lowest BCUT2D eigenvalue weighted by atomic mass is 9.93. The Kier molecular flexibility index (Phi) is 4.65.